The summed E-state index contributed by atoms with van der Waals surface area (Å²) in [6, 6.07) is 11.1. The molecule has 0 amide bonds. The second kappa shape index (κ2) is 6.60. The lowest BCUT2D eigenvalue weighted by molar-refractivity contribution is 0.476. The fourth-order valence-electron chi connectivity index (χ4n) is 2.62. The SMILES string of the molecule is Cn1ccnc1CSc1nc2ccccc2c(=O)n1Cc1ccco1. The Morgan fingerprint density at radius 2 is 2.08 bits per heavy atom. The topological polar surface area (TPSA) is 65.8 Å². The molecule has 0 N–H and O–H groups in total. The van der Waals surface area contributed by atoms with Crippen molar-refractivity contribution in [2.24, 2.45) is 7.05 Å². The van der Waals surface area contributed by atoms with Crippen LogP contribution in [0.1, 0.15) is 11.6 Å². The highest BCUT2D eigenvalue weighted by Gasteiger charge is 2.14. The van der Waals surface area contributed by atoms with Crippen LogP contribution >= 0.6 is 11.8 Å². The van der Waals surface area contributed by atoms with E-state index in [-0.39, 0.29) is 5.56 Å². The van der Waals surface area contributed by atoms with E-state index in [2.05, 4.69) is 4.98 Å². The van der Waals surface area contributed by atoms with Crippen molar-refractivity contribution in [3.8, 4) is 0 Å². The monoisotopic (exact) mass is 352 g/mol. The molecule has 0 atom stereocenters. The van der Waals surface area contributed by atoms with Crippen molar-refractivity contribution in [2.75, 3.05) is 0 Å². The maximum atomic E-state index is 13.0. The van der Waals surface area contributed by atoms with E-state index < -0.39 is 0 Å². The highest BCUT2D eigenvalue weighted by Crippen LogP contribution is 2.22. The number of thioether (sulfide) groups is 1. The molecule has 0 bridgehead atoms. The van der Waals surface area contributed by atoms with Gasteiger partial charge in [-0.3, -0.25) is 9.36 Å². The summed E-state index contributed by atoms with van der Waals surface area (Å²) in [6.45, 7) is 0.354. The van der Waals surface area contributed by atoms with Gasteiger partial charge < -0.3 is 8.98 Å². The zero-order chi connectivity index (χ0) is 17.2. The molecule has 7 heteroatoms. The summed E-state index contributed by atoms with van der Waals surface area (Å²) in [6.07, 6.45) is 5.27. The number of imidazole rings is 1. The van der Waals surface area contributed by atoms with E-state index in [1.807, 2.05) is 48.1 Å². The van der Waals surface area contributed by atoms with Crippen LogP contribution < -0.4 is 5.56 Å². The molecule has 3 heterocycles. The molecule has 0 fully saturated rings. The van der Waals surface area contributed by atoms with E-state index in [9.17, 15) is 4.79 Å². The minimum Gasteiger partial charge on any atom is -0.467 e. The van der Waals surface area contributed by atoms with E-state index in [4.69, 9.17) is 9.40 Å². The number of rotatable bonds is 5. The number of nitrogens with zero attached hydrogens (tertiary/aromatic N) is 4. The van der Waals surface area contributed by atoms with Crippen LogP contribution in [0.15, 0.2) is 69.4 Å². The van der Waals surface area contributed by atoms with Gasteiger partial charge in [0.1, 0.15) is 11.6 Å². The first kappa shape index (κ1) is 15.7. The summed E-state index contributed by atoms with van der Waals surface area (Å²) in [4.78, 5) is 22.0. The van der Waals surface area contributed by atoms with Gasteiger partial charge in [-0.2, -0.15) is 0 Å². The van der Waals surface area contributed by atoms with Crippen LogP contribution in [0.25, 0.3) is 10.9 Å². The van der Waals surface area contributed by atoms with Crippen molar-refractivity contribution in [1.29, 1.82) is 0 Å². The van der Waals surface area contributed by atoms with Crippen LogP contribution in [-0.4, -0.2) is 19.1 Å². The molecule has 4 aromatic rings. The van der Waals surface area contributed by atoms with E-state index in [1.165, 1.54) is 11.8 Å². The lowest BCUT2D eigenvalue weighted by atomic mass is 10.2. The molecule has 126 valence electrons. The smallest absolute Gasteiger partial charge is 0.262 e. The Hall–Kier alpha value is -2.80. The first-order valence-electron chi connectivity index (χ1n) is 7.83. The van der Waals surface area contributed by atoms with Crippen LogP contribution in [0.5, 0.6) is 0 Å². The number of para-hydroxylation sites is 1. The molecule has 0 aliphatic carbocycles. The molecule has 0 radical (unpaired) electrons. The lowest BCUT2D eigenvalue weighted by Gasteiger charge is -2.12. The molecule has 0 aliphatic heterocycles. The van der Waals surface area contributed by atoms with Gasteiger partial charge in [0.05, 0.1) is 29.5 Å². The predicted molar refractivity (Wildman–Crippen MR) is 96.6 cm³/mol. The molecule has 6 nitrogen and oxygen atoms in total. The van der Waals surface area contributed by atoms with Crippen molar-refractivity contribution < 1.29 is 4.42 Å². The van der Waals surface area contributed by atoms with Crippen molar-refractivity contribution in [3.63, 3.8) is 0 Å². The first-order valence-corrected chi connectivity index (χ1v) is 8.82. The van der Waals surface area contributed by atoms with Crippen LogP contribution in [-0.2, 0) is 19.3 Å². The third-order valence-corrected chi connectivity index (χ3v) is 4.94. The quantitative estimate of drug-likeness (QED) is 0.408. The molecule has 0 aliphatic rings. The Morgan fingerprint density at radius 1 is 1.20 bits per heavy atom. The zero-order valence-electron chi connectivity index (χ0n) is 13.6. The van der Waals surface area contributed by atoms with E-state index in [0.29, 0.717) is 28.4 Å². The maximum absolute atomic E-state index is 13.0. The molecule has 0 saturated heterocycles. The Morgan fingerprint density at radius 3 is 2.84 bits per heavy atom. The van der Waals surface area contributed by atoms with Gasteiger partial charge in [-0.25, -0.2) is 9.97 Å². The first-order chi connectivity index (χ1) is 12.2. The summed E-state index contributed by atoms with van der Waals surface area (Å²) < 4.78 is 9.04. The van der Waals surface area contributed by atoms with Crippen LogP contribution in [0, 0.1) is 0 Å². The number of hydrogen-bond acceptors (Lipinski definition) is 5. The molecule has 0 saturated carbocycles. The molecule has 4 rings (SSSR count). The van der Waals surface area contributed by atoms with E-state index in [0.717, 1.165) is 11.6 Å². The summed E-state index contributed by atoms with van der Waals surface area (Å²) >= 11 is 1.50. The van der Waals surface area contributed by atoms with Gasteiger partial charge >= 0.3 is 0 Å². The Balaban J connectivity index is 1.77. The molecule has 0 spiro atoms. The number of fused-ring (bicyclic) bond motifs is 1. The van der Waals surface area contributed by atoms with Crippen LogP contribution in [0.3, 0.4) is 0 Å². The molecule has 0 unspecified atom stereocenters. The summed E-state index contributed by atoms with van der Waals surface area (Å²) in [5.74, 6) is 2.28. The normalized spacial score (nSPS) is 11.2. The average molecular weight is 352 g/mol. The highest BCUT2D eigenvalue weighted by molar-refractivity contribution is 7.98. The Kier molecular flexibility index (Phi) is 4.15. The van der Waals surface area contributed by atoms with Gasteiger partial charge in [-0.05, 0) is 24.3 Å². The third kappa shape index (κ3) is 3.10. The molecule has 3 aromatic heterocycles. The molecular formula is C18H16N4O2S. The van der Waals surface area contributed by atoms with Gasteiger partial charge in [0, 0.05) is 19.4 Å². The van der Waals surface area contributed by atoms with Crippen molar-refractivity contribution in [3.05, 3.63) is 77.0 Å². The van der Waals surface area contributed by atoms with Gasteiger partial charge in [0.2, 0.25) is 0 Å². The Bertz CT molecular complexity index is 1070. The van der Waals surface area contributed by atoms with E-state index in [1.54, 1.807) is 23.1 Å². The fourth-order valence-corrected chi connectivity index (χ4v) is 3.62. The number of hydrogen-bond donors (Lipinski definition) is 0. The molecule has 1 aromatic carbocycles. The number of aromatic nitrogens is 4. The third-order valence-electron chi connectivity index (χ3n) is 3.97. The number of furan rings is 1. The maximum Gasteiger partial charge on any atom is 0.262 e. The van der Waals surface area contributed by atoms with Crippen molar-refractivity contribution in [2.45, 2.75) is 17.5 Å². The summed E-state index contributed by atoms with van der Waals surface area (Å²) in [5.41, 5.74) is 0.634. The molecule has 25 heavy (non-hydrogen) atoms. The van der Waals surface area contributed by atoms with Gasteiger partial charge in [-0.15, -0.1) is 0 Å². The summed E-state index contributed by atoms with van der Waals surface area (Å²) in [7, 11) is 1.95. The van der Waals surface area contributed by atoms with Crippen LogP contribution in [0.4, 0.5) is 0 Å². The zero-order valence-corrected chi connectivity index (χ0v) is 14.4. The predicted octanol–water partition coefficient (Wildman–Crippen LogP) is 3.06. The van der Waals surface area contributed by atoms with Gasteiger partial charge in [0.15, 0.2) is 5.16 Å². The second-order valence-corrected chi connectivity index (χ2v) is 6.57. The number of benzene rings is 1. The standard InChI is InChI=1S/C18H16N4O2S/c1-21-9-8-19-16(21)12-25-18-20-15-7-3-2-6-14(15)17(23)22(18)11-13-5-4-10-24-13/h2-10H,11-12H2,1H3. The van der Waals surface area contributed by atoms with Crippen molar-refractivity contribution in [1.82, 2.24) is 19.1 Å². The fraction of sp³-hybridized carbons (Fsp3) is 0.167. The minimum atomic E-state index is -0.0654. The largest absolute Gasteiger partial charge is 0.467 e. The average Bonchev–Trinajstić information content (AvgIpc) is 3.28. The van der Waals surface area contributed by atoms with Crippen LogP contribution in [0.2, 0.25) is 0 Å². The van der Waals surface area contributed by atoms with Gasteiger partial charge in [-0.1, -0.05) is 23.9 Å². The molecular weight excluding hydrogens is 336 g/mol. The highest BCUT2D eigenvalue weighted by atomic mass is 32.2. The van der Waals surface area contributed by atoms with Crippen molar-refractivity contribution >= 4 is 22.7 Å². The van der Waals surface area contributed by atoms with E-state index >= 15 is 0 Å². The number of aryl methyl sites for hydroxylation is 1. The summed E-state index contributed by atoms with van der Waals surface area (Å²) in [5, 5.41) is 1.26. The van der Waals surface area contributed by atoms with Gasteiger partial charge in [0.25, 0.3) is 5.56 Å². The lowest BCUT2D eigenvalue weighted by Crippen LogP contribution is -2.23. The Labute approximate surface area is 148 Å². The second-order valence-electron chi connectivity index (χ2n) is 5.63. The minimum absolute atomic E-state index is 0.0654.